The molecule has 0 aliphatic heterocycles. The van der Waals surface area contributed by atoms with E-state index in [0.717, 1.165) is 83.5 Å². The Bertz CT molecular complexity index is 1090. The fourth-order valence-electron chi connectivity index (χ4n) is 4.80. The molecular weight excluding hydrogens is 530 g/mol. The van der Waals surface area contributed by atoms with Crippen LogP contribution in [0.15, 0.2) is 14.8 Å². The molecule has 0 radical (unpaired) electrons. The summed E-state index contributed by atoms with van der Waals surface area (Å²) in [6.45, 7) is 1.93. The number of carbonyl (C=O) groups excluding carboxylic acids is 4. The third-order valence-electron chi connectivity index (χ3n) is 6.93. The maximum absolute atomic E-state index is 13.0. The Morgan fingerprint density at radius 3 is 2.12 bits per heavy atom. The predicted molar refractivity (Wildman–Crippen MR) is 154 cm³/mol. The second-order valence-electron chi connectivity index (χ2n) is 10.1. The highest BCUT2D eigenvalue weighted by molar-refractivity contribution is 5.87. The van der Waals surface area contributed by atoms with Crippen LogP contribution >= 0.6 is 0 Å². The van der Waals surface area contributed by atoms with Gasteiger partial charge in [-0.2, -0.15) is 0 Å². The van der Waals surface area contributed by atoms with Crippen molar-refractivity contribution in [1.29, 1.82) is 0 Å². The lowest BCUT2D eigenvalue weighted by atomic mass is 9.85. The van der Waals surface area contributed by atoms with E-state index in [9.17, 15) is 24.0 Å². The normalized spacial score (nSPS) is 13.0. The molecule has 1 heterocycles. The summed E-state index contributed by atoms with van der Waals surface area (Å²) in [6.07, 6.45) is 14.6. The van der Waals surface area contributed by atoms with Crippen LogP contribution in [0.25, 0.3) is 0 Å². The predicted octanol–water partition coefficient (Wildman–Crippen LogP) is 4.00. The first kappa shape index (κ1) is 33.4. The van der Waals surface area contributed by atoms with E-state index >= 15 is 0 Å². The van der Waals surface area contributed by atoms with E-state index in [0.29, 0.717) is 37.4 Å². The zero-order chi connectivity index (χ0) is 29.5. The number of aliphatic imine (C=N–C) groups is 2. The molecule has 0 bridgehead atoms. The lowest BCUT2D eigenvalue weighted by molar-refractivity contribution is 0.147. The highest BCUT2D eigenvalue weighted by Gasteiger charge is 2.23. The molecule has 1 aliphatic carbocycles. The second kappa shape index (κ2) is 21.0. The van der Waals surface area contributed by atoms with Crippen molar-refractivity contribution in [2.45, 2.75) is 95.8 Å². The summed E-state index contributed by atoms with van der Waals surface area (Å²) < 4.78 is 5.30. The minimum absolute atomic E-state index is 0.0365. The van der Waals surface area contributed by atoms with Crippen LogP contribution < -0.4 is 21.5 Å². The molecule has 1 fully saturated rings. The van der Waals surface area contributed by atoms with Crippen LogP contribution in [0.2, 0.25) is 0 Å². The first-order valence-corrected chi connectivity index (χ1v) is 14.7. The van der Waals surface area contributed by atoms with Gasteiger partial charge in [0.15, 0.2) is 0 Å². The molecule has 1 aromatic heterocycles. The number of nitrogens with one attached hydrogen (secondary N) is 4. The highest BCUT2D eigenvalue weighted by atomic mass is 16.5. The van der Waals surface area contributed by atoms with Gasteiger partial charge < -0.3 is 15.4 Å². The van der Waals surface area contributed by atoms with E-state index in [2.05, 4.69) is 35.9 Å². The van der Waals surface area contributed by atoms with Gasteiger partial charge in [-0.3, -0.25) is 15.1 Å². The lowest BCUT2D eigenvalue weighted by Crippen LogP contribution is -2.32. The van der Waals surface area contributed by atoms with Gasteiger partial charge >= 0.3 is 12.1 Å². The summed E-state index contributed by atoms with van der Waals surface area (Å²) in [4.78, 5) is 71.9. The maximum atomic E-state index is 13.0. The van der Waals surface area contributed by atoms with Crippen molar-refractivity contribution in [1.82, 2.24) is 20.6 Å². The Kier molecular flexibility index (Phi) is 17.1. The van der Waals surface area contributed by atoms with E-state index in [-0.39, 0.29) is 30.5 Å². The van der Waals surface area contributed by atoms with Crippen LogP contribution in [0.4, 0.5) is 15.5 Å². The molecule has 2 rings (SSSR count). The van der Waals surface area contributed by atoms with Gasteiger partial charge in [-0.05, 0) is 38.5 Å². The summed E-state index contributed by atoms with van der Waals surface area (Å²) in [5.41, 5.74) is 0.786. The molecule has 0 spiro atoms. The van der Waals surface area contributed by atoms with E-state index in [1.54, 1.807) is 0 Å². The van der Waals surface area contributed by atoms with E-state index in [4.69, 9.17) is 4.74 Å². The van der Waals surface area contributed by atoms with Gasteiger partial charge in [0.2, 0.25) is 18.1 Å². The third-order valence-corrected chi connectivity index (χ3v) is 6.93. The minimum Gasteiger partial charge on any atom is -0.449 e. The average molecular weight is 574 g/mol. The smallest absolute Gasteiger partial charge is 0.407 e. The van der Waals surface area contributed by atoms with Crippen molar-refractivity contribution in [3.8, 4) is 0 Å². The summed E-state index contributed by atoms with van der Waals surface area (Å²) >= 11 is 0. The first-order valence-electron chi connectivity index (χ1n) is 14.7. The zero-order valence-electron chi connectivity index (χ0n) is 23.8. The molecule has 0 unspecified atom stereocenters. The molecule has 3 amide bonds. The van der Waals surface area contributed by atoms with Crippen molar-refractivity contribution in [2.75, 3.05) is 38.1 Å². The number of isocyanates is 2. The SMILES string of the molecule is O=C=NCCCCCCNC(=O)Nc1nc(C2CCCCC2)c(CCOC(=O)NCCCCCCN=C=O)c(=O)[nH]1. The standard InChI is InChI=1S/C28H43N7O6/c36-20-29-15-8-1-3-10-17-31-27(39)35-26-33-24(22-12-6-5-7-13-22)23(25(38)34-26)14-19-41-28(40)32-18-11-4-2-9-16-30-21-37/h22H,1-19H2,(H,32,40)(H3,31,33,34,35,38,39). The van der Waals surface area contributed by atoms with E-state index in [1.807, 2.05) is 0 Å². The number of amides is 3. The lowest BCUT2D eigenvalue weighted by Gasteiger charge is -2.23. The largest absolute Gasteiger partial charge is 0.449 e. The van der Waals surface area contributed by atoms with Gasteiger partial charge in [0, 0.05) is 31.0 Å². The molecular formula is C28H43N7O6. The quantitative estimate of drug-likeness (QED) is 0.109. The van der Waals surface area contributed by atoms with E-state index in [1.165, 1.54) is 12.2 Å². The Balaban J connectivity index is 1.83. The van der Waals surface area contributed by atoms with Gasteiger partial charge in [-0.15, -0.1) is 0 Å². The third kappa shape index (κ3) is 14.4. The second-order valence-corrected chi connectivity index (χ2v) is 10.1. The Morgan fingerprint density at radius 2 is 1.49 bits per heavy atom. The molecule has 0 aromatic carbocycles. The highest BCUT2D eigenvalue weighted by Crippen LogP contribution is 2.33. The topological polar surface area (TPSA) is 184 Å². The van der Waals surface area contributed by atoms with Gasteiger partial charge in [0.25, 0.3) is 5.56 Å². The first-order chi connectivity index (χ1) is 20.0. The Morgan fingerprint density at radius 1 is 0.878 bits per heavy atom. The molecule has 1 aromatic rings. The number of H-pyrrole nitrogens is 1. The van der Waals surface area contributed by atoms with Crippen molar-refractivity contribution >= 4 is 30.2 Å². The summed E-state index contributed by atoms with van der Waals surface area (Å²) in [7, 11) is 0. The monoisotopic (exact) mass is 573 g/mol. The number of aromatic amines is 1. The molecule has 13 heteroatoms. The molecule has 0 atom stereocenters. The van der Waals surface area contributed by atoms with Crippen LogP contribution in [0, 0.1) is 0 Å². The molecule has 41 heavy (non-hydrogen) atoms. The number of alkyl carbamates (subject to hydrolysis) is 1. The molecule has 1 saturated carbocycles. The molecule has 0 saturated heterocycles. The number of aromatic nitrogens is 2. The van der Waals surface area contributed by atoms with Gasteiger partial charge in [0.05, 0.1) is 25.4 Å². The maximum Gasteiger partial charge on any atom is 0.407 e. The van der Waals surface area contributed by atoms with Crippen LogP contribution in [0.5, 0.6) is 0 Å². The molecule has 226 valence electrons. The minimum atomic E-state index is -0.538. The van der Waals surface area contributed by atoms with Crippen molar-refractivity contribution < 1.29 is 23.9 Å². The Hall–Kier alpha value is -3.82. The van der Waals surface area contributed by atoms with Crippen molar-refractivity contribution in [2.24, 2.45) is 9.98 Å². The summed E-state index contributed by atoms with van der Waals surface area (Å²) in [5, 5.41) is 8.12. The fourth-order valence-corrected chi connectivity index (χ4v) is 4.80. The number of nitrogens with zero attached hydrogens (tertiary/aromatic N) is 3. The van der Waals surface area contributed by atoms with Crippen molar-refractivity contribution in [3.63, 3.8) is 0 Å². The molecule has 1 aliphatic rings. The van der Waals surface area contributed by atoms with Crippen LogP contribution in [-0.4, -0.2) is 67.0 Å². The zero-order valence-corrected chi connectivity index (χ0v) is 23.8. The summed E-state index contributed by atoms with van der Waals surface area (Å²) in [6, 6.07) is -0.449. The molecule has 4 N–H and O–H groups in total. The van der Waals surface area contributed by atoms with Crippen LogP contribution in [0.1, 0.15) is 101 Å². The average Bonchev–Trinajstić information content (AvgIpc) is 2.97. The number of ether oxygens (including phenoxy) is 1. The van der Waals surface area contributed by atoms with Gasteiger partial charge in [0.1, 0.15) is 0 Å². The number of hydrogen-bond donors (Lipinski definition) is 4. The van der Waals surface area contributed by atoms with Gasteiger partial charge in [-0.25, -0.2) is 34.1 Å². The number of carbonyl (C=O) groups is 2. The number of hydrogen-bond acceptors (Lipinski definition) is 9. The van der Waals surface area contributed by atoms with Crippen LogP contribution in [0.3, 0.4) is 0 Å². The number of unbranched alkanes of at least 4 members (excludes halogenated alkanes) is 6. The Labute approximate surface area is 240 Å². The fraction of sp³-hybridized carbons (Fsp3) is 0.714. The van der Waals surface area contributed by atoms with Crippen LogP contribution in [-0.2, 0) is 20.7 Å². The van der Waals surface area contributed by atoms with Gasteiger partial charge in [-0.1, -0.05) is 44.9 Å². The molecule has 13 nitrogen and oxygen atoms in total. The number of anilines is 1. The van der Waals surface area contributed by atoms with Crippen molar-refractivity contribution in [3.05, 3.63) is 21.6 Å². The number of rotatable bonds is 19. The summed E-state index contributed by atoms with van der Waals surface area (Å²) in [5.74, 6) is 0.208. The van der Waals surface area contributed by atoms with E-state index < -0.39 is 12.1 Å². The number of urea groups is 1.